The highest BCUT2D eigenvalue weighted by Gasteiger charge is 2.26. The summed E-state index contributed by atoms with van der Waals surface area (Å²) in [6, 6.07) is 4.03. The minimum atomic E-state index is -1.57. The molecule has 0 fully saturated rings. The van der Waals surface area contributed by atoms with Crippen LogP contribution in [0.25, 0.3) is 11.6 Å². The number of fused-ring (bicyclic) bond motifs is 1. The Morgan fingerprint density at radius 2 is 1.97 bits per heavy atom. The molecule has 1 aromatic carbocycles. The van der Waals surface area contributed by atoms with Gasteiger partial charge in [0.15, 0.2) is 0 Å². The summed E-state index contributed by atoms with van der Waals surface area (Å²) in [4.78, 5) is 52.4. The van der Waals surface area contributed by atoms with Crippen molar-refractivity contribution < 1.29 is 38.1 Å². The molecule has 1 aromatic heterocycles. The maximum absolute atomic E-state index is 13.7. The number of rotatable bonds is 8. The Balaban J connectivity index is 1.68. The first-order valence-corrected chi connectivity index (χ1v) is 11.2. The molecule has 0 saturated heterocycles. The summed E-state index contributed by atoms with van der Waals surface area (Å²) in [5.41, 5.74) is 3.31. The predicted octanol–water partition coefficient (Wildman–Crippen LogP) is 3.49. The molecule has 0 aliphatic carbocycles. The molecular formula is C24H27FN4O7. The molecule has 1 aliphatic rings. The second kappa shape index (κ2) is 10.9. The number of carbonyl (C=O) groups excluding carboxylic acids is 3. The van der Waals surface area contributed by atoms with Crippen molar-refractivity contribution in [2.24, 2.45) is 0 Å². The first-order valence-electron chi connectivity index (χ1n) is 11.2. The van der Waals surface area contributed by atoms with Gasteiger partial charge in [-0.15, -0.1) is 0 Å². The fourth-order valence-electron chi connectivity index (χ4n) is 3.86. The van der Waals surface area contributed by atoms with E-state index in [1.165, 1.54) is 30.0 Å². The van der Waals surface area contributed by atoms with Gasteiger partial charge in [0.25, 0.3) is 11.8 Å². The molecule has 0 radical (unpaired) electrons. The summed E-state index contributed by atoms with van der Waals surface area (Å²) in [5, 5.41) is 14.0. The zero-order valence-electron chi connectivity index (χ0n) is 20.2. The topological polar surface area (TPSA) is 150 Å². The van der Waals surface area contributed by atoms with Gasteiger partial charge in [0.1, 0.15) is 5.82 Å². The molecule has 11 nitrogen and oxygen atoms in total. The van der Waals surface area contributed by atoms with Crippen LogP contribution in [0.15, 0.2) is 18.2 Å². The summed E-state index contributed by atoms with van der Waals surface area (Å²) in [7, 11) is 0. The lowest BCUT2D eigenvalue weighted by Gasteiger charge is -2.22. The standard InChI is InChI=1S/C24H27FN4O7/c1-5-29(23(32)35-14(4)36-24(33)34)9-8-26-22(31)20-12(2)19(27-13(20)3)11-17-16-10-15(25)6-7-18(16)28-21(17)30/h6-7,10-11,14,27H,5,8-9H2,1-4H3,(H,26,31)(H,28,30)(H,33,34)/b17-11-. The molecule has 192 valence electrons. The highest BCUT2D eigenvalue weighted by atomic mass is 19.1. The lowest BCUT2D eigenvalue weighted by atomic mass is 10.0. The number of halogens is 1. The number of hydrogen-bond donors (Lipinski definition) is 4. The average Bonchev–Trinajstić information content (AvgIpc) is 3.25. The Hall–Kier alpha value is -4.35. The third-order valence-corrected chi connectivity index (χ3v) is 5.60. The molecule has 0 spiro atoms. The van der Waals surface area contributed by atoms with Crippen molar-refractivity contribution in [1.82, 2.24) is 15.2 Å². The minimum Gasteiger partial charge on any atom is -0.450 e. The molecular weight excluding hydrogens is 475 g/mol. The van der Waals surface area contributed by atoms with Crippen LogP contribution in [-0.4, -0.2) is 65.0 Å². The van der Waals surface area contributed by atoms with E-state index >= 15 is 0 Å². The van der Waals surface area contributed by atoms with E-state index in [9.17, 15) is 23.6 Å². The number of nitrogens with one attached hydrogen (secondary N) is 3. The summed E-state index contributed by atoms with van der Waals surface area (Å²) in [5.74, 6) is -1.23. The Morgan fingerprint density at radius 1 is 1.25 bits per heavy atom. The number of amides is 3. The number of aryl methyl sites for hydroxylation is 1. The summed E-state index contributed by atoms with van der Waals surface area (Å²) in [6.07, 6.45) is -2.05. The normalized spacial score (nSPS) is 14.1. The summed E-state index contributed by atoms with van der Waals surface area (Å²) >= 11 is 0. The first kappa shape index (κ1) is 26.3. The second-order valence-electron chi connectivity index (χ2n) is 8.04. The van der Waals surface area contributed by atoms with Crippen LogP contribution in [0.3, 0.4) is 0 Å². The molecule has 1 aliphatic heterocycles. The van der Waals surface area contributed by atoms with Crippen LogP contribution < -0.4 is 10.6 Å². The number of hydrogen-bond acceptors (Lipinski definition) is 6. The summed E-state index contributed by atoms with van der Waals surface area (Å²) < 4.78 is 23.0. The largest absolute Gasteiger partial charge is 0.508 e. The van der Waals surface area contributed by atoms with Gasteiger partial charge < -0.3 is 35.1 Å². The van der Waals surface area contributed by atoms with Gasteiger partial charge in [-0.3, -0.25) is 9.59 Å². The number of nitrogens with zero attached hydrogens (tertiary/aromatic N) is 1. The van der Waals surface area contributed by atoms with E-state index < -0.39 is 24.4 Å². The average molecular weight is 502 g/mol. The zero-order chi connectivity index (χ0) is 26.6. The Bertz CT molecular complexity index is 1240. The minimum absolute atomic E-state index is 0.103. The van der Waals surface area contributed by atoms with Gasteiger partial charge in [0.05, 0.1) is 11.1 Å². The highest BCUT2D eigenvalue weighted by Crippen LogP contribution is 2.34. The van der Waals surface area contributed by atoms with Crippen LogP contribution in [0.4, 0.5) is 19.7 Å². The van der Waals surface area contributed by atoms with Gasteiger partial charge in [0.2, 0.25) is 6.29 Å². The highest BCUT2D eigenvalue weighted by molar-refractivity contribution is 6.34. The maximum atomic E-state index is 13.7. The number of aromatic amines is 1. The SMILES string of the molecule is CCN(CCNC(=O)c1c(C)[nH]c(/C=C2\C(=O)Nc3ccc(F)cc32)c1C)C(=O)OC(C)OC(=O)O. The number of carboxylic acid groups (broad SMARTS) is 1. The first-order chi connectivity index (χ1) is 17.0. The number of H-pyrrole nitrogens is 1. The van der Waals surface area contributed by atoms with Crippen molar-refractivity contribution in [3.63, 3.8) is 0 Å². The molecule has 0 saturated carbocycles. The molecule has 1 atom stereocenters. The van der Waals surface area contributed by atoms with Crippen LogP contribution in [0.1, 0.15) is 46.7 Å². The van der Waals surface area contributed by atoms with Crippen LogP contribution >= 0.6 is 0 Å². The zero-order valence-corrected chi connectivity index (χ0v) is 20.2. The Kier molecular flexibility index (Phi) is 7.97. The van der Waals surface area contributed by atoms with E-state index in [0.29, 0.717) is 33.8 Å². The van der Waals surface area contributed by atoms with Gasteiger partial charge in [-0.2, -0.15) is 0 Å². The molecule has 12 heteroatoms. The third kappa shape index (κ3) is 5.82. The molecule has 36 heavy (non-hydrogen) atoms. The predicted molar refractivity (Wildman–Crippen MR) is 128 cm³/mol. The van der Waals surface area contributed by atoms with Gasteiger partial charge in [-0.05, 0) is 50.6 Å². The Morgan fingerprint density at radius 3 is 2.64 bits per heavy atom. The van der Waals surface area contributed by atoms with Crippen molar-refractivity contribution in [3.8, 4) is 0 Å². The smallest absolute Gasteiger partial charge is 0.450 e. The van der Waals surface area contributed by atoms with Gasteiger partial charge in [0, 0.05) is 49.2 Å². The van der Waals surface area contributed by atoms with Crippen molar-refractivity contribution in [3.05, 3.63) is 52.1 Å². The van der Waals surface area contributed by atoms with E-state index in [0.717, 1.165) is 0 Å². The molecule has 3 amide bonds. The van der Waals surface area contributed by atoms with E-state index in [-0.39, 0.29) is 37.0 Å². The molecule has 2 heterocycles. The fourth-order valence-corrected chi connectivity index (χ4v) is 3.86. The number of aromatic nitrogens is 1. The second-order valence-corrected chi connectivity index (χ2v) is 8.04. The monoisotopic (exact) mass is 502 g/mol. The number of benzene rings is 1. The number of anilines is 1. The van der Waals surface area contributed by atoms with E-state index in [2.05, 4.69) is 20.4 Å². The van der Waals surface area contributed by atoms with Crippen LogP contribution in [0.5, 0.6) is 0 Å². The lowest BCUT2D eigenvalue weighted by molar-refractivity contribution is -0.110. The van der Waals surface area contributed by atoms with Crippen molar-refractivity contribution >= 4 is 41.4 Å². The van der Waals surface area contributed by atoms with Crippen LogP contribution in [-0.2, 0) is 14.3 Å². The third-order valence-electron chi connectivity index (χ3n) is 5.60. The number of likely N-dealkylation sites (N-methyl/N-ethyl adjacent to an activating group) is 1. The van der Waals surface area contributed by atoms with E-state index in [4.69, 9.17) is 9.84 Å². The Labute approximate surface area is 206 Å². The quantitative estimate of drug-likeness (QED) is 0.245. The summed E-state index contributed by atoms with van der Waals surface area (Å²) in [6.45, 7) is 6.90. The van der Waals surface area contributed by atoms with E-state index in [1.54, 1.807) is 26.8 Å². The van der Waals surface area contributed by atoms with Crippen LogP contribution in [0, 0.1) is 19.7 Å². The number of carbonyl (C=O) groups is 4. The molecule has 4 N–H and O–H groups in total. The number of ether oxygens (including phenoxy) is 2. The molecule has 1 unspecified atom stereocenters. The van der Waals surface area contributed by atoms with Gasteiger partial charge in [-0.1, -0.05) is 0 Å². The van der Waals surface area contributed by atoms with Gasteiger partial charge >= 0.3 is 12.2 Å². The molecule has 0 bridgehead atoms. The van der Waals surface area contributed by atoms with Gasteiger partial charge in [-0.25, -0.2) is 14.0 Å². The maximum Gasteiger partial charge on any atom is 0.508 e. The van der Waals surface area contributed by atoms with Crippen molar-refractivity contribution in [2.45, 2.75) is 34.0 Å². The molecule has 3 rings (SSSR count). The van der Waals surface area contributed by atoms with Crippen molar-refractivity contribution in [1.29, 1.82) is 0 Å². The fraction of sp³-hybridized carbons (Fsp3) is 0.333. The van der Waals surface area contributed by atoms with E-state index in [1.807, 2.05) is 0 Å². The van der Waals surface area contributed by atoms with Crippen LogP contribution in [0.2, 0.25) is 0 Å². The van der Waals surface area contributed by atoms with Crippen molar-refractivity contribution in [2.75, 3.05) is 25.0 Å². The molecule has 2 aromatic rings. The lowest BCUT2D eigenvalue weighted by Crippen LogP contribution is -2.40.